The van der Waals surface area contributed by atoms with Crippen LogP contribution in [0.15, 0.2) is 15.7 Å². The Morgan fingerprint density at radius 2 is 1.83 bits per heavy atom. The molecule has 0 bridgehead atoms. The number of aliphatic hydroxyl groups is 1. The highest BCUT2D eigenvalue weighted by molar-refractivity contribution is 7.90. The molecule has 0 aliphatic carbocycles. The first-order valence-corrected chi connectivity index (χ1v) is 9.31. The molecule has 0 radical (unpaired) electrons. The van der Waals surface area contributed by atoms with Gasteiger partial charge in [0.1, 0.15) is 0 Å². The molecule has 126 valence electrons. The minimum Gasteiger partial charge on any atom is -0.396 e. The van der Waals surface area contributed by atoms with E-state index in [0.717, 1.165) is 6.26 Å². The largest absolute Gasteiger partial charge is 0.396 e. The summed E-state index contributed by atoms with van der Waals surface area (Å²) in [5.41, 5.74) is -1.41. The molecule has 1 unspecified atom stereocenters. The van der Waals surface area contributed by atoms with Gasteiger partial charge in [0, 0.05) is 18.4 Å². The van der Waals surface area contributed by atoms with E-state index in [1.807, 2.05) is 0 Å². The number of nitrogens with one attached hydrogen (secondary N) is 2. The Bertz CT molecular complexity index is 965. The first-order chi connectivity index (χ1) is 10.7. The van der Waals surface area contributed by atoms with Crippen molar-refractivity contribution < 1.29 is 13.5 Å². The van der Waals surface area contributed by atoms with Crippen LogP contribution < -0.4 is 11.1 Å². The predicted molar refractivity (Wildman–Crippen MR) is 89.1 cm³/mol. The maximum atomic E-state index is 12.1. The SMILES string of the molecule is CS(=O)(=O)C(CCCO)c1c(Cl)c(Cl)cc2[nH]c(=O)c(=O)[nH]c12. The Hall–Kier alpha value is -1.35. The van der Waals surface area contributed by atoms with Crippen LogP contribution in [0.25, 0.3) is 11.0 Å². The lowest BCUT2D eigenvalue weighted by atomic mass is 10.1. The van der Waals surface area contributed by atoms with Crippen molar-refractivity contribution in [1.82, 2.24) is 9.97 Å². The topological polar surface area (TPSA) is 120 Å². The Kier molecular flexibility index (Phi) is 5.20. The maximum Gasteiger partial charge on any atom is 0.314 e. The van der Waals surface area contributed by atoms with Gasteiger partial charge in [-0.05, 0) is 18.9 Å². The second kappa shape index (κ2) is 6.64. The molecule has 2 rings (SSSR count). The van der Waals surface area contributed by atoms with Crippen LogP contribution in [0, 0.1) is 0 Å². The van der Waals surface area contributed by atoms with Gasteiger partial charge in [-0.15, -0.1) is 0 Å². The molecule has 23 heavy (non-hydrogen) atoms. The highest BCUT2D eigenvalue weighted by Gasteiger charge is 2.29. The van der Waals surface area contributed by atoms with Crippen molar-refractivity contribution in [2.45, 2.75) is 18.1 Å². The van der Waals surface area contributed by atoms with Gasteiger partial charge in [-0.2, -0.15) is 0 Å². The van der Waals surface area contributed by atoms with Gasteiger partial charge in [0.15, 0.2) is 9.84 Å². The number of aromatic amines is 2. The second-order valence-corrected chi connectivity index (χ2v) is 8.11. The van der Waals surface area contributed by atoms with Crippen molar-refractivity contribution in [3.63, 3.8) is 0 Å². The van der Waals surface area contributed by atoms with Gasteiger partial charge >= 0.3 is 11.1 Å². The van der Waals surface area contributed by atoms with E-state index < -0.39 is 26.2 Å². The Labute approximate surface area is 141 Å². The fourth-order valence-electron chi connectivity index (χ4n) is 2.38. The minimum absolute atomic E-state index is 0.0183. The van der Waals surface area contributed by atoms with Crippen LogP contribution in [-0.4, -0.2) is 36.4 Å². The second-order valence-electron chi connectivity index (χ2n) is 5.10. The summed E-state index contributed by atoms with van der Waals surface area (Å²) in [6.45, 7) is -0.199. The average Bonchev–Trinajstić information content (AvgIpc) is 2.44. The highest BCUT2D eigenvalue weighted by Crippen LogP contribution is 2.39. The molecule has 1 aromatic carbocycles. The third kappa shape index (κ3) is 3.60. The van der Waals surface area contributed by atoms with Gasteiger partial charge in [0.2, 0.25) is 0 Å². The lowest BCUT2D eigenvalue weighted by Crippen LogP contribution is -2.29. The number of halogens is 2. The molecule has 2 aromatic rings. The molecule has 7 nitrogen and oxygen atoms in total. The van der Waals surface area contributed by atoms with Gasteiger partial charge in [0.25, 0.3) is 0 Å². The zero-order valence-corrected chi connectivity index (χ0v) is 14.3. The van der Waals surface area contributed by atoms with Crippen LogP contribution in [0.1, 0.15) is 23.7 Å². The van der Waals surface area contributed by atoms with Crippen molar-refractivity contribution in [3.05, 3.63) is 42.4 Å². The first kappa shape index (κ1) is 18.0. The van der Waals surface area contributed by atoms with Gasteiger partial charge in [-0.25, -0.2) is 8.42 Å². The lowest BCUT2D eigenvalue weighted by molar-refractivity contribution is 0.283. The van der Waals surface area contributed by atoms with E-state index in [9.17, 15) is 18.0 Å². The number of aliphatic hydroxyl groups excluding tert-OH is 1. The van der Waals surface area contributed by atoms with Gasteiger partial charge < -0.3 is 15.1 Å². The molecule has 0 spiro atoms. The summed E-state index contributed by atoms with van der Waals surface area (Å²) in [5.74, 6) is 0. The van der Waals surface area contributed by atoms with Crippen LogP contribution in [0.3, 0.4) is 0 Å². The molecular formula is C13H14Cl2N2O5S. The van der Waals surface area contributed by atoms with Crippen molar-refractivity contribution in [1.29, 1.82) is 0 Å². The summed E-state index contributed by atoms with van der Waals surface area (Å²) in [6.07, 6.45) is 1.34. The summed E-state index contributed by atoms with van der Waals surface area (Å²) in [4.78, 5) is 27.8. The number of benzene rings is 1. The number of sulfone groups is 1. The molecule has 10 heteroatoms. The van der Waals surface area contributed by atoms with Crippen LogP contribution in [0.5, 0.6) is 0 Å². The Balaban J connectivity index is 2.89. The van der Waals surface area contributed by atoms with E-state index in [1.165, 1.54) is 6.07 Å². The molecule has 1 atom stereocenters. The zero-order chi connectivity index (χ0) is 17.4. The molecule has 0 saturated carbocycles. The van der Waals surface area contributed by atoms with Gasteiger partial charge in [0.05, 0.1) is 26.3 Å². The van der Waals surface area contributed by atoms with Crippen molar-refractivity contribution in [2.24, 2.45) is 0 Å². The van der Waals surface area contributed by atoms with Crippen molar-refractivity contribution in [3.8, 4) is 0 Å². The molecule has 0 amide bonds. The number of fused-ring (bicyclic) bond motifs is 1. The van der Waals surface area contributed by atoms with E-state index in [0.29, 0.717) is 0 Å². The molecule has 0 aliphatic rings. The van der Waals surface area contributed by atoms with Crippen LogP contribution in [0.4, 0.5) is 0 Å². The number of H-pyrrole nitrogens is 2. The third-order valence-electron chi connectivity index (χ3n) is 3.41. The number of hydrogen-bond donors (Lipinski definition) is 3. The van der Waals surface area contributed by atoms with Gasteiger partial charge in [-0.3, -0.25) is 9.59 Å². The molecular weight excluding hydrogens is 367 g/mol. The fraction of sp³-hybridized carbons (Fsp3) is 0.385. The zero-order valence-electron chi connectivity index (χ0n) is 12.0. The molecule has 0 aliphatic heterocycles. The summed E-state index contributed by atoms with van der Waals surface area (Å²) < 4.78 is 24.3. The smallest absolute Gasteiger partial charge is 0.314 e. The maximum absolute atomic E-state index is 12.1. The quantitative estimate of drug-likeness (QED) is 0.676. The Morgan fingerprint density at radius 3 is 2.39 bits per heavy atom. The molecule has 0 saturated heterocycles. The summed E-state index contributed by atoms with van der Waals surface area (Å²) in [6, 6.07) is 1.34. The van der Waals surface area contributed by atoms with E-state index in [-0.39, 0.29) is 46.1 Å². The predicted octanol–water partition coefficient (Wildman–Crippen LogP) is 1.38. The monoisotopic (exact) mass is 380 g/mol. The van der Waals surface area contributed by atoms with Crippen LogP contribution in [-0.2, 0) is 9.84 Å². The van der Waals surface area contributed by atoms with Gasteiger partial charge in [-0.1, -0.05) is 23.2 Å². The van der Waals surface area contributed by atoms with E-state index in [2.05, 4.69) is 9.97 Å². The molecule has 0 fully saturated rings. The number of aromatic nitrogens is 2. The first-order valence-electron chi connectivity index (χ1n) is 6.60. The summed E-state index contributed by atoms with van der Waals surface area (Å²) in [7, 11) is -3.61. The number of hydrogen-bond acceptors (Lipinski definition) is 5. The van der Waals surface area contributed by atoms with Crippen LogP contribution in [0.2, 0.25) is 10.0 Å². The van der Waals surface area contributed by atoms with Crippen molar-refractivity contribution >= 4 is 44.1 Å². The van der Waals surface area contributed by atoms with Crippen LogP contribution >= 0.6 is 23.2 Å². The third-order valence-corrected chi connectivity index (χ3v) is 5.72. The highest BCUT2D eigenvalue weighted by atomic mass is 35.5. The normalized spacial score (nSPS) is 13.4. The standard InChI is InChI=1S/C13H14Cl2N2O5S/c1-23(21,22)8(3-2-4-18)9-10(15)6(14)5-7-11(9)17-13(20)12(19)16-7/h5,8,18H,2-4H2,1H3,(H,16,19)(H,17,20). The average molecular weight is 381 g/mol. The molecule has 1 aromatic heterocycles. The minimum atomic E-state index is -3.61. The summed E-state index contributed by atoms with van der Waals surface area (Å²) in [5, 5.41) is 7.94. The molecule has 3 N–H and O–H groups in total. The number of rotatable bonds is 5. The van der Waals surface area contributed by atoms with E-state index in [1.54, 1.807) is 0 Å². The van der Waals surface area contributed by atoms with E-state index >= 15 is 0 Å². The Morgan fingerprint density at radius 1 is 1.22 bits per heavy atom. The van der Waals surface area contributed by atoms with Crippen molar-refractivity contribution in [2.75, 3.05) is 12.9 Å². The fourth-order valence-corrected chi connectivity index (χ4v) is 4.19. The lowest BCUT2D eigenvalue weighted by Gasteiger charge is -2.19. The summed E-state index contributed by atoms with van der Waals surface area (Å²) >= 11 is 12.2. The molecule has 1 heterocycles. The van der Waals surface area contributed by atoms with E-state index in [4.69, 9.17) is 28.3 Å².